The molecule has 0 saturated heterocycles. The monoisotopic (exact) mass is 279 g/mol. The number of halogens is 1. The maximum atomic E-state index is 13.5. The lowest BCUT2D eigenvalue weighted by Gasteiger charge is -2.07. The van der Waals surface area contributed by atoms with Gasteiger partial charge in [-0.25, -0.2) is 4.39 Å². The highest BCUT2D eigenvalue weighted by atomic mass is 32.2. The number of hydrogen-bond acceptors (Lipinski definition) is 4. The van der Waals surface area contributed by atoms with Gasteiger partial charge in [-0.15, -0.1) is 0 Å². The van der Waals surface area contributed by atoms with E-state index >= 15 is 0 Å². The molecule has 2 aromatic rings. The van der Waals surface area contributed by atoms with Crippen molar-refractivity contribution >= 4 is 17.4 Å². The Bertz CT molecular complexity index is 619. The van der Waals surface area contributed by atoms with E-state index in [2.05, 4.69) is 0 Å². The molecular weight excluding hydrogens is 269 g/mol. The average Bonchev–Trinajstić information content (AvgIpc) is 2.41. The van der Waals surface area contributed by atoms with Gasteiger partial charge in [0.1, 0.15) is 5.82 Å². The molecule has 2 aromatic carbocycles. The van der Waals surface area contributed by atoms with E-state index in [-0.39, 0.29) is 18.1 Å². The van der Waals surface area contributed by atoms with Crippen LogP contribution in [0, 0.1) is 15.9 Å². The van der Waals surface area contributed by atoms with Crippen LogP contribution < -0.4 is 0 Å². The zero-order valence-electron chi connectivity index (χ0n) is 9.75. The fourth-order valence-electron chi connectivity index (χ4n) is 1.55. The van der Waals surface area contributed by atoms with E-state index in [9.17, 15) is 19.6 Å². The summed E-state index contributed by atoms with van der Waals surface area (Å²) in [6.45, 7) is -0.335. The Labute approximate surface area is 113 Å². The van der Waals surface area contributed by atoms with E-state index in [1.54, 1.807) is 18.2 Å². The summed E-state index contributed by atoms with van der Waals surface area (Å²) in [7, 11) is 0. The van der Waals surface area contributed by atoms with Gasteiger partial charge in [-0.3, -0.25) is 10.1 Å². The lowest BCUT2D eigenvalue weighted by Crippen LogP contribution is -1.93. The zero-order chi connectivity index (χ0) is 13.8. The van der Waals surface area contributed by atoms with Gasteiger partial charge in [-0.2, -0.15) is 0 Å². The first-order chi connectivity index (χ1) is 9.11. The molecule has 0 bridgehead atoms. The Morgan fingerprint density at radius 3 is 2.58 bits per heavy atom. The SMILES string of the molecule is O=[N+]([O-])c1ccc(Sc2ccccc2F)c(CO)c1. The van der Waals surface area contributed by atoms with Crippen LogP contribution in [0.25, 0.3) is 0 Å². The third-order valence-corrected chi connectivity index (χ3v) is 3.65. The molecule has 1 N–H and O–H groups in total. The lowest BCUT2D eigenvalue weighted by atomic mass is 10.2. The Morgan fingerprint density at radius 1 is 1.21 bits per heavy atom. The number of nitro groups is 1. The third kappa shape index (κ3) is 3.10. The van der Waals surface area contributed by atoms with Crippen LogP contribution in [0.2, 0.25) is 0 Å². The number of nitro benzene ring substituents is 1. The normalized spacial score (nSPS) is 10.4. The summed E-state index contributed by atoms with van der Waals surface area (Å²) >= 11 is 1.13. The topological polar surface area (TPSA) is 63.4 Å². The van der Waals surface area contributed by atoms with Crippen LogP contribution in [-0.4, -0.2) is 10.0 Å². The summed E-state index contributed by atoms with van der Waals surface area (Å²) in [5, 5.41) is 19.9. The molecule has 19 heavy (non-hydrogen) atoms. The van der Waals surface area contributed by atoms with Crippen molar-refractivity contribution < 1.29 is 14.4 Å². The highest BCUT2D eigenvalue weighted by Crippen LogP contribution is 2.33. The van der Waals surface area contributed by atoms with Crippen LogP contribution in [0.15, 0.2) is 52.3 Å². The van der Waals surface area contributed by atoms with Gasteiger partial charge in [0, 0.05) is 21.9 Å². The van der Waals surface area contributed by atoms with E-state index in [4.69, 9.17) is 0 Å². The maximum Gasteiger partial charge on any atom is 0.269 e. The molecule has 0 aliphatic carbocycles. The number of nitrogens with zero attached hydrogens (tertiary/aromatic N) is 1. The zero-order valence-corrected chi connectivity index (χ0v) is 10.6. The number of aliphatic hydroxyl groups is 1. The first-order valence-electron chi connectivity index (χ1n) is 5.42. The second-order valence-electron chi connectivity index (χ2n) is 3.74. The molecule has 0 fully saturated rings. The first kappa shape index (κ1) is 13.5. The van der Waals surface area contributed by atoms with Crippen LogP contribution in [0.4, 0.5) is 10.1 Å². The number of non-ortho nitro benzene ring substituents is 1. The maximum absolute atomic E-state index is 13.5. The quantitative estimate of drug-likeness (QED) is 0.688. The van der Waals surface area contributed by atoms with Gasteiger partial charge in [-0.05, 0) is 23.8 Å². The highest BCUT2D eigenvalue weighted by Gasteiger charge is 2.12. The fraction of sp³-hybridized carbons (Fsp3) is 0.0769. The number of benzene rings is 2. The van der Waals surface area contributed by atoms with Crippen LogP contribution in [0.5, 0.6) is 0 Å². The summed E-state index contributed by atoms with van der Waals surface area (Å²) in [4.78, 5) is 11.1. The molecule has 0 spiro atoms. The van der Waals surface area contributed by atoms with E-state index in [0.717, 1.165) is 11.8 Å². The van der Waals surface area contributed by atoms with Gasteiger partial charge in [0.2, 0.25) is 0 Å². The highest BCUT2D eigenvalue weighted by molar-refractivity contribution is 7.99. The van der Waals surface area contributed by atoms with E-state index in [1.165, 1.54) is 24.3 Å². The van der Waals surface area contributed by atoms with Gasteiger partial charge in [0.25, 0.3) is 5.69 Å². The Hall–Kier alpha value is -1.92. The van der Waals surface area contributed by atoms with Crippen molar-refractivity contribution in [2.24, 2.45) is 0 Å². The molecule has 98 valence electrons. The Kier molecular flexibility index (Phi) is 4.13. The molecular formula is C13H10FNO3S. The number of aliphatic hydroxyl groups excluding tert-OH is 1. The van der Waals surface area contributed by atoms with Gasteiger partial charge < -0.3 is 5.11 Å². The van der Waals surface area contributed by atoms with E-state index < -0.39 is 4.92 Å². The minimum atomic E-state index is -0.531. The third-order valence-electron chi connectivity index (χ3n) is 2.48. The molecule has 0 aromatic heterocycles. The van der Waals surface area contributed by atoms with Crippen LogP contribution >= 0.6 is 11.8 Å². The van der Waals surface area contributed by atoms with Crippen molar-refractivity contribution in [1.82, 2.24) is 0 Å². The summed E-state index contributed by atoms with van der Waals surface area (Å²) < 4.78 is 13.5. The summed E-state index contributed by atoms with van der Waals surface area (Å²) in [5.41, 5.74) is 0.310. The van der Waals surface area contributed by atoms with E-state index in [0.29, 0.717) is 15.4 Å². The van der Waals surface area contributed by atoms with Gasteiger partial charge in [-0.1, -0.05) is 23.9 Å². The van der Waals surface area contributed by atoms with Gasteiger partial charge in [0.15, 0.2) is 0 Å². The first-order valence-corrected chi connectivity index (χ1v) is 6.24. The molecule has 0 unspecified atom stereocenters. The summed E-state index contributed by atoms with van der Waals surface area (Å²) in [6.07, 6.45) is 0. The van der Waals surface area contributed by atoms with Crippen molar-refractivity contribution in [3.05, 3.63) is 64.0 Å². The second-order valence-corrected chi connectivity index (χ2v) is 4.82. The minimum absolute atomic E-state index is 0.0954. The smallest absolute Gasteiger partial charge is 0.269 e. The molecule has 6 heteroatoms. The molecule has 0 aliphatic rings. The van der Waals surface area contributed by atoms with Crippen molar-refractivity contribution in [1.29, 1.82) is 0 Å². The van der Waals surface area contributed by atoms with Crippen molar-refractivity contribution in [2.75, 3.05) is 0 Å². The van der Waals surface area contributed by atoms with Gasteiger partial charge >= 0.3 is 0 Å². The Morgan fingerprint density at radius 2 is 1.95 bits per heavy atom. The predicted octanol–water partition coefficient (Wildman–Crippen LogP) is 3.38. The molecule has 0 saturated carbocycles. The molecule has 0 aliphatic heterocycles. The molecule has 4 nitrogen and oxygen atoms in total. The standard InChI is InChI=1S/C13H10FNO3S/c14-11-3-1-2-4-13(11)19-12-6-5-10(15(17)18)7-9(12)8-16/h1-7,16H,8H2. The van der Waals surface area contributed by atoms with Gasteiger partial charge in [0.05, 0.1) is 11.5 Å². The number of rotatable bonds is 4. The van der Waals surface area contributed by atoms with Crippen molar-refractivity contribution in [3.8, 4) is 0 Å². The van der Waals surface area contributed by atoms with Crippen LogP contribution in [-0.2, 0) is 6.61 Å². The average molecular weight is 279 g/mol. The summed E-state index contributed by atoms with van der Waals surface area (Å²) in [5.74, 6) is -0.366. The molecule has 0 amide bonds. The largest absolute Gasteiger partial charge is 0.392 e. The van der Waals surface area contributed by atoms with Crippen LogP contribution in [0.3, 0.4) is 0 Å². The minimum Gasteiger partial charge on any atom is -0.392 e. The molecule has 2 rings (SSSR count). The predicted molar refractivity (Wildman–Crippen MR) is 69.5 cm³/mol. The number of hydrogen-bond donors (Lipinski definition) is 1. The molecule has 0 atom stereocenters. The van der Waals surface area contributed by atoms with E-state index in [1.807, 2.05) is 0 Å². The van der Waals surface area contributed by atoms with Crippen molar-refractivity contribution in [3.63, 3.8) is 0 Å². The van der Waals surface area contributed by atoms with Crippen LogP contribution in [0.1, 0.15) is 5.56 Å². The molecule has 0 heterocycles. The fourth-order valence-corrected chi connectivity index (χ4v) is 2.49. The lowest BCUT2D eigenvalue weighted by molar-refractivity contribution is -0.385. The van der Waals surface area contributed by atoms with Crippen molar-refractivity contribution in [2.45, 2.75) is 16.4 Å². The second kappa shape index (κ2) is 5.81. The molecule has 0 radical (unpaired) electrons. The summed E-state index contributed by atoms with van der Waals surface area (Å²) in [6, 6.07) is 10.4. The Balaban J connectivity index is 2.35.